The Morgan fingerprint density at radius 2 is 1.75 bits per heavy atom. The topological polar surface area (TPSA) is 24.5 Å². The van der Waals surface area contributed by atoms with Gasteiger partial charge in [0.25, 0.3) is 0 Å². The van der Waals surface area contributed by atoms with Crippen LogP contribution in [-0.4, -0.2) is 43.3 Å². The summed E-state index contributed by atoms with van der Waals surface area (Å²) >= 11 is 0. The lowest BCUT2D eigenvalue weighted by atomic mass is 10.1. The van der Waals surface area contributed by atoms with E-state index in [1.807, 2.05) is 0 Å². The molecule has 0 spiro atoms. The number of morpholine rings is 1. The summed E-state index contributed by atoms with van der Waals surface area (Å²) in [5.74, 6) is 0. The molecule has 2 bridgehead atoms. The van der Waals surface area contributed by atoms with Gasteiger partial charge in [-0.25, -0.2) is 0 Å². The zero-order valence-corrected chi connectivity index (χ0v) is 12.5. The minimum Gasteiger partial charge on any atom is -0.372 e. The third kappa shape index (κ3) is 3.60. The maximum absolute atomic E-state index is 5.89. The number of benzene rings is 1. The number of ether oxygens (including phenoxy) is 1. The van der Waals surface area contributed by atoms with Crippen molar-refractivity contribution in [2.45, 2.75) is 44.9 Å². The number of fused-ring (bicyclic) bond motifs is 2. The van der Waals surface area contributed by atoms with E-state index in [0.717, 1.165) is 39.1 Å². The van der Waals surface area contributed by atoms with E-state index in [2.05, 4.69) is 41.4 Å². The first-order chi connectivity index (χ1) is 9.83. The predicted molar refractivity (Wildman–Crippen MR) is 81.9 cm³/mol. The van der Waals surface area contributed by atoms with Gasteiger partial charge in [0, 0.05) is 19.6 Å². The normalized spacial score (nSPS) is 26.1. The number of likely N-dealkylation sites (N-methyl/N-ethyl adjacent to an activating group) is 1. The molecular weight excluding hydrogens is 248 g/mol. The lowest BCUT2D eigenvalue weighted by molar-refractivity contribution is -0.0410. The van der Waals surface area contributed by atoms with Crippen molar-refractivity contribution >= 4 is 0 Å². The second-order valence-corrected chi connectivity index (χ2v) is 6.07. The van der Waals surface area contributed by atoms with Gasteiger partial charge in [0.2, 0.25) is 0 Å². The summed E-state index contributed by atoms with van der Waals surface area (Å²) in [7, 11) is 0. The van der Waals surface area contributed by atoms with Gasteiger partial charge in [-0.1, -0.05) is 31.2 Å². The fourth-order valence-corrected chi connectivity index (χ4v) is 3.31. The fraction of sp³-hybridized carbons (Fsp3) is 0.647. The van der Waals surface area contributed by atoms with E-state index in [1.165, 1.54) is 24.0 Å². The molecular formula is C17H26N2O. The van der Waals surface area contributed by atoms with E-state index in [-0.39, 0.29) is 0 Å². The molecule has 2 aliphatic rings. The number of rotatable bonds is 6. The second kappa shape index (κ2) is 6.70. The van der Waals surface area contributed by atoms with Gasteiger partial charge >= 0.3 is 0 Å². The third-order valence-corrected chi connectivity index (χ3v) is 4.39. The van der Waals surface area contributed by atoms with E-state index < -0.39 is 0 Å². The van der Waals surface area contributed by atoms with Crippen LogP contribution in [0.2, 0.25) is 0 Å². The van der Waals surface area contributed by atoms with Gasteiger partial charge in [-0.05, 0) is 43.5 Å². The lowest BCUT2D eigenvalue weighted by Crippen LogP contribution is -2.41. The number of nitrogens with zero attached hydrogens (tertiary/aromatic N) is 1. The molecule has 2 heterocycles. The van der Waals surface area contributed by atoms with Gasteiger partial charge in [0.15, 0.2) is 0 Å². The minimum atomic E-state index is 0.494. The number of hydrogen-bond acceptors (Lipinski definition) is 3. The first-order valence-electron chi connectivity index (χ1n) is 8.00. The summed E-state index contributed by atoms with van der Waals surface area (Å²) < 4.78 is 5.89. The van der Waals surface area contributed by atoms with Crippen molar-refractivity contribution in [1.82, 2.24) is 10.2 Å². The summed E-state index contributed by atoms with van der Waals surface area (Å²) in [6, 6.07) is 9.14. The molecule has 2 unspecified atom stereocenters. The van der Waals surface area contributed by atoms with Crippen molar-refractivity contribution in [3.8, 4) is 0 Å². The highest BCUT2D eigenvalue weighted by Crippen LogP contribution is 2.27. The fourth-order valence-electron chi connectivity index (χ4n) is 3.31. The van der Waals surface area contributed by atoms with Gasteiger partial charge in [-0.2, -0.15) is 0 Å². The van der Waals surface area contributed by atoms with Gasteiger partial charge in [-0.15, -0.1) is 0 Å². The van der Waals surface area contributed by atoms with E-state index >= 15 is 0 Å². The Kier molecular flexibility index (Phi) is 4.71. The van der Waals surface area contributed by atoms with Crippen LogP contribution < -0.4 is 5.32 Å². The van der Waals surface area contributed by atoms with E-state index in [9.17, 15) is 0 Å². The average Bonchev–Trinajstić information content (AvgIpc) is 2.80. The van der Waals surface area contributed by atoms with Crippen LogP contribution in [0.3, 0.4) is 0 Å². The number of hydrogen-bond donors (Lipinski definition) is 1. The van der Waals surface area contributed by atoms with Crippen LogP contribution in [0.5, 0.6) is 0 Å². The van der Waals surface area contributed by atoms with Crippen LogP contribution in [0.1, 0.15) is 30.9 Å². The molecule has 2 fully saturated rings. The van der Waals surface area contributed by atoms with Crippen molar-refractivity contribution in [3.05, 3.63) is 35.4 Å². The summed E-state index contributed by atoms with van der Waals surface area (Å²) in [4.78, 5) is 2.56. The Balaban J connectivity index is 1.50. The maximum Gasteiger partial charge on any atom is 0.0707 e. The first kappa shape index (κ1) is 14.1. The highest BCUT2D eigenvalue weighted by Gasteiger charge is 2.33. The molecule has 0 aliphatic carbocycles. The maximum atomic E-state index is 5.89. The molecule has 3 rings (SSSR count). The molecule has 2 saturated heterocycles. The molecule has 1 aromatic carbocycles. The van der Waals surface area contributed by atoms with E-state index in [1.54, 1.807) is 0 Å². The smallest absolute Gasteiger partial charge is 0.0707 e. The number of likely N-dealkylation sites (tertiary alicyclic amines) is 1. The van der Waals surface area contributed by atoms with Gasteiger partial charge in [0.1, 0.15) is 0 Å². The molecule has 3 nitrogen and oxygen atoms in total. The Morgan fingerprint density at radius 1 is 1.10 bits per heavy atom. The van der Waals surface area contributed by atoms with Crippen molar-refractivity contribution in [3.63, 3.8) is 0 Å². The van der Waals surface area contributed by atoms with Crippen LogP contribution >= 0.6 is 0 Å². The summed E-state index contributed by atoms with van der Waals surface area (Å²) in [5, 5.41) is 3.37. The van der Waals surface area contributed by atoms with E-state index in [0.29, 0.717) is 12.2 Å². The molecule has 0 radical (unpaired) electrons. The highest BCUT2D eigenvalue weighted by atomic mass is 16.5. The molecule has 0 aromatic heterocycles. The second-order valence-electron chi connectivity index (χ2n) is 6.07. The van der Waals surface area contributed by atoms with Crippen molar-refractivity contribution in [2.75, 3.05) is 26.2 Å². The molecule has 0 amide bonds. The van der Waals surface area contributed by atoms with Crippen LogP contribution in [0, 0.1) is 0 Å². The van der Waals surface area contributed by atoms with Gasteiger partial charge in [0.05, 0.1) is 12.2 Å². The molecule has 2 aliphatic heterocycles. The molecule has 0 saturated carbocycles. The molecule has 110 valence electrons. The van der Waals surface area contributed by atoms with Crippen molar-refractivity contribution < 1.29 is 4.74 Å². The molecule has 2 atom stereocenters. The number of nitrogens with one attached hydrogen (secondary N) is 1. The SMILES string of the molecule is CCNCCc1ccc(CN2CC3CCC(C2)O3)cc1. The Labute approximate surface area is 122 Å². The predicted octanol–water partition coefficient (Wildman–Crippen LogP) is 2.20. The zero-order chi connectivity index (χ0) is 13.8. The minimum absolute atomic E-state index is 0.494. The average molecular weight is 274 g/mol. The highest BCUT2D eigenvalue weighted by molar-refractivity contribution is 5.23. The van der Waals surface area contributed by atoms with Gasteiger partial charge < -0.3 is 10.1 Å². The van der Waals surface area contributed by atoms with Crippen LogP contribution in [0.4, 0.5) is 0 Å². The van der Waals surface area contributed by atoms with Crippen LogP contribution in [0.15, 0.2) is 24.3 Å². The third-order valence-electron chi connectivity index (χ3n) is 4.39. The molecule has 1 aromatic rings. The largest absolute Gasteiger partial charge is 0.372 e. The van der Waals surface area contributed by atoms with E-state index in [4.69, 9.17) is 4.74 Å². The van der Waals surface area contributed by atoms with Gasteiger partial charge in [-0.3, -0.25) is 4.90 Å². The Bertz CT molecular complexity index is 406. The summed E-state index contributed by atoms with van der Waals surface area (Å²) in [5.41, 5.74) is 2.86. The zero-order valence-electron chi connectivity index (χ0n) is 12.5. The van der Waals surface area contributed by atoms with Crippen molar-refractivity contribution in [2.24, 2.45) is 0 Å². The summed E-state index contributed by atoms with van der Waals surface area (Å²) in [6.45, 7) is 7.57. The summed E-state index contributed by atoms with van der Waals surface area (Å²) in [6.07, 6.45) is 4.62. The first-order valence-corrected chi connectivity index (χ1v) is 8.00. The molecule has 1 N–H and O–H groups in total. The van der Waals surface area contributed by atoms with Crippen molar-refractivity contribution in [1.29, 1.82) is 0 Å². The van der Waals surface area contributed by atoms with Crippen LogP contribution in [-0.2, 0) is 17.7 Å². The molecule has 3 heteroatoms. The standard InChI is InChI=1S/C17H26N2O/c1-2-18-10-9-14-3-5-15(6-4-14)11-19-12-16-7-8-17(13-19)20-16/h3-6,16-18H,2,7-13H2,1H3. The quantitative estimate of drug-likeness (QED) is 0.805. The molecule has 20 heavy (non-hydrogen) atoms. The van der Waals surface area contributed by atoms with Crippen LogP contribution in [0.25, 0.3) is 0 Å². The Hall–Kier alpha value is -0.900. The monoisotopic (exact) mass is 274 g/mol. The Morgan fingerprint density at radius 3 is 2.40 bits per heavy atom. The lowest BCUT2D eigenvalue weighted by Gasteiger charge is -2.32.